The lowest BCUT2D eigenvalue weighted by Gasteiger charge is -2.11. The van der Waals surface area contributed by atoms with Gasteiger partial charge in [0, 0.05) is 16.8 Å². The van der Waals surface area contributed by atoms with Gasteiger partial charge in [-0.3, -0.25) is 14.9 Å². The predicted octanol–water partition coefficient (Wildman–Crippen LogP) is 2.70. The van der Waals surface area contributed by atoms with E-state index < -0.39 is 5.91 Å². The van der Waals surface area contributed by atoms with Crippen LogP contribution in [0.1, 0.15) is 34.6 Å². The van der Waals surface area contributed by atoms with Gasteiger partial charge in [-0.2, -0.15) is 0 Å². The highest BCUT2D eigenvalue weighted by Crippen LogP contribution is 2.14. The number of rotatable bonds is 5. The van der Waals surface area contributed by atoms with Gasteiger partial charge in [0.1, 0.15) is 5.75 Å². The Balaban J connectivity index is 1.97. The van der Waals surface area contributed by atoms with Crippen LogP contribution in [0.5, 0.6) is 5.75 Å². The molecule has 0 unspecified atom stereocenters. The molecular formula is C18H19N3O3S. The minimum Gasteiger partial charge on any atom is -0.491 e. The number of nitrogens with one attached hydrogen (secondary N) is 2. The molecule has 0 aliphatic carbocycles. The first-order valence-electron chi connectivity index (χ1n) is 7.64. The van der Waals surface area contributed by atoms with Gasteiger partial charge >= 0.3 is 0 Å². The van der Waals surface area contributed by atoms with Gasteiger partial charge in [0.25, 0.3) is 5.91 Å². The van der Waals surface area contributed by atoms with Crippen molar-refractivity contribution in [2.45, 2.75) is 20.0 Å². The second-order valence-electron chi connectivity index (χ2n) is 5.54. The van der Waals surface area contributed by atoms with Crippen LogP contribution in [-0.4, -0.2) is 23.0 Å². The van der Waals surface area contributed by atoms with Crippen molar-refractivity contribution < 1.29 is 14.3 Å². The van der Waals surface area contributed by atoms with E-state index in [2.05, 4.69) is 10.6 Å². The van der Waals surface area contributed by atoms with E-state index in [4.69, 9.17) is 22.7 Å². The summed E-state index contributed by atoms with van der Waals surface area (Å²) in [5, 5.41) is 5.54. The van der Waals surface area contributed by atoms with E-state index in [9.17, 15) is 9.59 Å². The zero-order valence-corrected chi connectivity index (χ0v) is 14.7. The fraction of sp³-hybridized carbons (Fsp3) is 0.167. The Hall–Kier alpha value is -2.93. The molecule has 2 aromatic carbocycles. The van der Waals surface area contributed by atoms with Crippen molar-refractivity contribution in [3.63, 3.8) is 0 Å². The Bertz CT molecular complexity index is 788. The summed E-state index contributed by atoms with van der Waals surface area (Å²) < 4.78 is 5.53. The average molecular weight is 357 g/mol. The lowest BCUT2D eigenvalue weighted by Crippen LogP contribution is -2.34. The molecule has 2 aromatic rings. The maximum Gasteiger partial charge on any atom is 0.257 e. The van der Waals surface area contributed by atoms with Crippen LogP contribution in [0.25, 0.3) is 0 Å². The molecule has 2 amide bonds. The molecule has 0 saturated heterocycles. The SMILES string of the molecule is CC(C)Oc1ccc(C(=O)NC(=S)Nc2cccc(C(N)=O)c2)cc1. The van der Waals surface area contributed by atoms with E-state index in [1.165, 1.54) is 0 Å². The van der Waals surface area contributed by atoms with E-state index in [1.807, 2.05) is 13.8 Å². The standard InChI is InChI=1S/C18H19N3O3S/c1-11(2)24-15-8-6-12(7-9-15)17(23)21-18(25)20-14-5-3-4-13(10-14)16(19)22/h3-11H,1-2H3,(H2,19,22)(H2,20,21,23,25). The number of anilines is 1. The molecule has 25 heavy (non-hydrogen) atoms. The molecule has 2 rings (SSSR count). The Morgan fingerprint density at radius 1 is 1.08 bits per heavy atom. The van der Waals surface area contributed by atoms with Crippen molar-refractivity contribution in [2.75, 3.05) is 5.32 Å². The molecule has 0 aliphatic heterocycles. The van der Waals surface area contributed by atoms with E-state index >= 15 is 0 Å². The number of primary amides is 1. The number of thiocarbonyl (C=S) groups is 1. The molecule has 0 fully saturated rings. The molecule has 0 aromatic heterocycles. The fourth-order valence-corrected chi connectivity index (χ4v) is 2.26. The Morgan fingerprint density at radius 3 is 2.36 bits per heavy atom. The lowest BCUT2D eigenvalue weighted by molar-refractivity contribution is 0.0974. The molecule has 0 aliphatic rings. The lowest BCUT2D eigenvalue weighted by atomic mass is 10.2. The summed E-state index contributed by atoms with van der Waals surface area (Å²) in [5.74, 6) is -0.197. The number of hydrogen-bond donors (Lipinski definition) is 3. The zero-order chi connectivity index (χ0) is 18.4. The number of carbonyl (C=O) groups excluding carboxylic acids is 2. The maximum absolute atomic E-state index is 12.2. The third kappa shape index (κ3) is 5.58. The summed E-state index contributed by atoms with van der Waals surface area (Å²) in [6.45, 7) is 3.86. The van der Waals surface area contributed by atoms with Crippen LogP contribution in [0, 0.1) is 0 Å². The molecule has 4 N–H and O–H groups in total. The van der Waals surface area contributed by atoms with Gasteiger partial charge in [0.05, 0.1) is 6.10 Å². The van der Waals surface area contributed by atoms with Crippen molar-refractivity contribution in [2.24, 2.45) is 5.73 Å². The maximum atomic E-state index is 12.2. The first kappa shape index (κ1) is 18.4. The van der Waals surface area contributed by atoms with Crippen molar-refractivity contribution in [1.29, 1.82) is 0 Å². The van der Waals surface area contributed by atoms with Crippen LogP contribution in [-0.2, 0) is 0 Å². The second kappa shape index (κ2) is 8.25. The van der Waals surface area contributed by atoms with E-state index in [1.54, 1.807) is 48.5 Å². The van der Waals surface area contributed by atoms with Crippen LogP contribution in [0.2, 0.25) is 0 Å². The van der Waals surface area contributed by atoms with Gasteiger partial charge in [-0.05, 0) is 68.5 Å². The molecule has 130 valence electrons. The number of carbonyl (C=O) groups is 2. The Morgan fingerprint density at radius 2 is 1.76 bits per heavy atom. The highest BCUT2D eigenvalue weighted by molar-refractivity contribution is 7.80. The molecule has 7 heteroatoms. The molecule has 0 heterocycles. The van der Waals surface area contributed by atoms with Crippen LogP contribution in [0.15, 0.2) is 48.5 Å². The van der Waals surface area contributed by atoms with Gasteiger partial charge in [-0.25, -0.2) is 0 Å². The monoisotopic (exact) mass is 357 g/mol. The summed E-state index contributed by atoms with van der Waals surface area (Å²) in [7, 11) is 0. The summed E-state index contributed by atoms with van der Waals surface area (Å²) in [6, 6.07) is 13.3. The smallest absolute Gasteiger partial charge is 0.257 e. The number of amides is 2. The first-order chi connectivity index (χ1) is 11.8. The van der Waals surface area contributed by atoms with Crippen LogP contribution in [0.3, 0.4) is 0 Å². The summed E-state index contributed by atoms with van der Waals surface area (Å²) >= 11 is 5.12. The molecule has 0 spiro atoms. The van der Waals surface area contributed by atoms with Crippen LogP contribution in [0.4, 0.5) is 5.69 Å². The molecule has 6 nitrogen and oxygen atoms in total. The number of nitrogens with two attached hydrogens (primary N) is 1. The van der Waals surface area contributed by atoms with E-state index in [-0.39, 0.29) is 17.1 Å². The minimum atomic E-state index is -0.540. The topological polar surface area (TPSA) is 93.4 Å². The number of hydrogen-bond acceptors (Lipinski definition) is 4. The molecule has 0 atom stereocenters. The third-order valence-electron chi connectivity index (χ3n) is 3.12. The Labute approximate surface area is 151 Å². The van der Waals surface area contributed by atoms with E-state index in [0.29, 0.717) is 22.6 Å². The fourth-order valence-electron chi connectivity index (χ4n) is 2.04. The van der Waals surface area contributed by atoms with Gasteiger partial charge in [-0.15, -0.1) is 0 Å². The normalized spacial score (nSPS) is 10.2. The average Bonchev–Trinajstić information content (AvgIpc) is 2.55. The third-order valence-corrected chi connectivity index (χ3v) is 3.32. The van der Waals surface area contributed by atoms with Crippen LogP contribution < -0.4 is 21.1 Å². The summed E-state index contributed by atoms with van der Waals surface area (Å²) in [5.41, 5.74) is 6.59. The van der Waals surface area contributed by atoms with Crippen molar-refractivity contribution in [3.05, 3.63) is 59.7 Å². The van der Waals surface area contributed by atoms with Gasteiger partial charge in [0.15, 0.2) is 5.11 Å². The summed E-state index contributed by atoms with van der Waals surface area (Å²) in [6.07, 6.45) is 0.0626. The summed E-state index contributed by atoms with van der Waals surface area (Å²) in [4.78, 5) is 23.4. The largest absolute Gasteiger partial charge is 0.491 e. The molecular weight excluding hydrogens is 338 g/mol. The second-order valence-corrected chi connectivity index (χ2v) is 5.95. The van der Waals surface area contributed by atoms with E-state index in [0.717, 1.165) is 0 Å². The molecule has 0 bridgehead atoms. The van der Waals surface area contributed by atoms with Crippen LogP contribution >= 0.6 is 12.2 Å². The zero-order valence-electron chi connectivity index (χ0n) is 13.9. The Kier molecular flexibility index (Phi) is 6.08. The first-order valence-corrected chi connectivity index (χ1v) is 8.05. The highest BCUT2D eigenvalue weighted by atomic mass is 32.1. The van der Waals surface area contributed by atoms with Crippen molar-refractivity contribution in [3.8, 4) is 5.75 Å². The van der Waals surface area contributed by atoms with Gasteiger partial charge < -0.3 is 15.8 Å². The van der Waals surface area contributed by atoms with Gasteiger partial charge in [-0.1, -0.05) is 6.07 Å². The van der Waals surface area contributed by atoms with Crippen molar-refractivity contribution in [1.82, 2.24) is 5.32 Å². The number of ether oxygens (including phenoxy) is 1. The molecule has 0 radical (unpaired) electrons. The molecule has 0 saturated carbocycles. The highest BCUT2D eigenvalue weighted by Gasteiger charge is 2.09. The number of benzene rings is 2. The minimum absolute atomic E-state index is 0.0626. The van der Waals surface area contributed by atoms with Crippen molar-refractivity contribution >= 4 is 34.8 Å². The predicted molar refractivity (Wildman–Crippen MR) is 101 cm³/mol. The quantitative estimate of drug-likeness (QED) is 0.716. The van der Waals surface area contributed by atoms with Gasteiger partial charge in [0.2, 0.25) is 5.91 Å².